The average Bonchev–Trinajstić information content (AvgIpc) is 2.41. The fraction of sp³-hybridized carbons (Fsp3) is 0.231. The molecule has 0 aliphatic carbocycles. The summed E-state index contributed by atoms with van der Waals surface area (Å²) in [6, 6.07) is 12.1. The Morgan fingerprint density at radius 3 is 2.53 bits per heavy atom. The SMILES string of the molecule is c1ccc(NCCCSc2ncccn2)cc1. The van der Waals surface area contributed by atoms with Crippen LogP contribution in [0.15, 0.2) is 53.9 Å². The second-order valence-corrected chi connectivity index (χ2v) is 4.59. The van der Waals surface area contributed by atoms with Crippen molar-refractivity contribution in [3.05, 3.63) is 48.8 Å². The molecule has 0 amide bonds. The Kier molecular flexibility index (Phi) is 4.85. The van der Waals surface area contributed by atoms with Gasteiger partial charge in [0.2, 0.25) is 0 Å². The average molecular weight is 245 g/mol. The molecule has 0 aliphatic rings. The van der Waals surface area contributed by atoms with Crippen LogP contribution >= 0.6 is 11.8 Å². The monoisotopic (exact) mass is 245 g/mol. The Morgan fingerprint density at radius 2 is 1.76 bits per heavy atom. The third-order valence-corrected chi connectivity index (χ3v) is 3.16. The van der Waals surface area contributed by atoms with Crippen LogP contribution in [0.1, 0.15) is 6.42 Å². The topological polar surface area (TPSA) is 37.8 Å². The fourth-order valence-electron chi connectivity index (χ4n) is 1.38. The van der Waals surface area contributed by atoms with Crippen molar-refractivity contribution in [2.45, 2.75) is 11.6 Å². The Morgan fingerprint density at radius 1 is 1.00 bits per heavy atom. The van der Waals surface area contributed by atoms with E-state index >= 15 is 0 Å². The minimum absolute atomic E-state index is 0.854. The van der Waals surface area contributed by atoms with E-state index in [2.05, 4.69) is 27.4 Å². The number of hydrogen-bond acceptors (Lipinski definition) is 4. The zero-order chi connectivity index (χ0) is 11.8. The summed E-state index contributed by atoms with van der Waals surface area (Å²) in [7, 11) is 0. The first-order chi connectivity index (χ1) is 8.45. The van der Waals surface area contributed by atoms with E-state index in [-0.39, 0.29) is 0 Å². The molecular weight excluding hydrogens is 230 g/mol. The van der Waals surface area contributed by atoms with Crippen molar-refractivity contribution < 1.29 is 0 Å². The zero-order valence-corrected chi connectivity index (χ0v) is 10.4. The van der Waals surface area contributed by atoms with Crippen LogP contribution in [0, 0.1) is 0 Å². The number of benzene rings is 1. The molecule has 88 valence electrons. The third-order valence-electron chi connectivity index (χ3n) is 2.20. The molecule has 1 N–H and O–H groups in total. The lowest BCUT2D eigenvalue weighted by Gasteiger charge is -2.05. The first kappa shape index (κ1) is 11.9. The number of nitrogens with one attached hydrogen (secondary N) is 1. The van der Waals surface area contributed by atoms with E-state index in [1.165, 1.54) is 5.69 Å². The van der Waals surface area contributed by atoms with E-state index in [4.69, 9.17) is 0 Å². The Balaban J connectivity index is 1.61. The van der Waals surface area contributed by atoms with Crippen molar-refractivity contribution in [2.24, 2.45) is 0 Å². The van der Waals surface area contributed by atoms with Crippen molar-refractivity contribution in [1.29, 1.82) is 0 Å². The highest BCUT2D eigenvalue weighted by Gasteiger charge is 1.95. The molecule has 0 fully saturated rings. The Labute approximate surface area is 106 Å². The summed E-state index contributed by atoms with van der Waals surface area (Å²) in [5, 5.41) is 4.23. The smallest absolute Gasteiger partial charge is 0.187 e. The minimum Gasteiger partial charge on any atom is -0.385 e. The maximum atomic E-state index is 4.17. The molecule has 0 spiro atoms. The molecule has 2 rings (SSSR count). The van der Waals surface area contributed by atoms with Crippen LogP contribution in [0.5, 0.6) is 0 Å². The first-order valence-corrected chi connectivity index (χ1v) is 6.62. The third kappa shape index (κ3) is 4.44. The second-order valence-electron chi connectivity index (χ2n) is 3.53. The molecular formula is C13H15N3S. The molecule has 1 heterocycles. The van der Waals surface area contributed by atoms with Crippen molar-refractivity contribution in [3.63, 3.8) is 0 Å². The van der Waals surface area contributed by atoms with Crippen LogP contribution < -0.4 is 5.32 Å². The molecule has 0 bridgehead atoms. The molecule has 0 saturated carbocycles. The largest absolute Gasteiger partial charge is 0.385 e. The molecule has 4 heteroatoms. The van der Waals surface area contributed by atoms with Gasteiger partial charge >= 0.3 is 0 Å². The molecule has 0 saturated heterocycles. The van der Waals surface area contributed by atoms with E-state index in [0.717, 1.165) is 23.9 Å². The standard InChI is InChI=1S/C13H15N3S/c1-2-6-12(7-3-1)14-10-5-11-17-13-15-8-4-9-16-13/h1-4,6-9,14H,5,10-11H2. The van der Waals surface area contributed by atoms with Gasteiger partial charge in [0, 0.05) is 30.4 Å². The highest BCUT2D eigenvalue weighted by atomic mass is 32.2. The molecule has 3 nitrogen and oxygen atoms in total. The minimum atomic E-state index is 0.854. The Hall–Kier alpha value is -1.55. The van der Waals surface area contributed by atoms with E-state index < -0.39 is 0 Å². The summed E-state index contributed by atoms with van der Waals surface area (Å²) in [6.07, 6.45) is 4.65. The molecule has 1 aromatic heterocycles. The molecule has 2 aromatic rings. The second kappa shape index (κ2) is 6.91. The van der Waals surface area contributed by atoms with Crippen molar-refractivity contribution >= 4 is 17.4 Å². The summed E-state index contributed by atoms with van der Waals surface area (Å²) in [6.45, 7) is 0.976. The summed E-state index contributed by atoms with van der Waals surface area (Å²) in [5.74, 6) is 1.03. The van der Waals surface area contributed by atoms with E-state index in [1.807, 2.05) is 24.3 Å². The zero-order valence-electron chi connectivity index (χ0n) is 9.54. The van der Waals surface area contributed by atoms with Gasteiger partial charge in [0.15, 0.2) is 5.16 Å². The number of aromatic nitrogens is 2. The number of nitrogens with zero attached hydrogens (tertiary/aromatic N) is 2. The summed E-state index contributed by atoms with van der Waals surface area (Å²) in [4.78, 5) is 8.33. The number of thioether (sulfide) groups is 1. The van der Waals surface area contributed by atoms with E-state index in [0.29, 0.717) is 0 Å². The van der Waals surface area contributed by atoms with Crippen molar-refractivity contribution in [1.82, 2.24) is 9.97 Å². The molecule has 0 atom stereocenters. The van der Waals surface area contributed by atoms with Crippen LogP contribution in [-0.2, 0) is 0 Å². The number of hydrogen-bond donors (Lipinski definition) is 1. The predicted octanol–water partition coefficient (Wildman–Crippen LogP) is 3.07. The maximum Gasteiger partial charge on any atom is 0.187 e. The van der Waals surface area contributed by atoms with Gasteiger partial charge in [-0.25, -0.2) is 9.97 Å². The van der Waals surface area contributed by atoms with Crippen LogP contribution in [0.2, 0.25) is 0 Å². The van der Waals surface area contributed by atoms with Gasteiger partial charge in [0.25, 0.3) is 0 Å². The maximum absolute atomic E-state index is 4.17. The quantitative estimate of drug-likeness (QED) is 0.482. The molecule has 0 radical (unpaired) electrons. The molecule has 0 unspecified atom stereocenters. The van der Waals surface area contributed by atoms with Gasteiger partial charge in [-0.05, 0) is 24.6 Å². The predicted molar refractivity (Wildman–Crippen MR) is 72.3 cm³/mol. The van der Waals surface area contributed by atoms with Crippen LogP contribution in [0.25, 0.3) is 0 Å². The Bertz CT molecular complexity index is 378. The normalized spacial score (nSPS) is 10.1. The molecule has 17 heavy (non-hydrogen) atoms. The first-order valence-electron chi connectivity index (χ1n) is 5.64. The summed E-state index contributed by atoms with van der Waals surface area (Å²) in [5.41, 5.74) is 1.17. The lowest BCUT2D eigenvalue weighted by atomic mass is 10.3. The lowest BCUT2D eigenvalue weighted by molar-refractivity contribution is 0.948. The van der Waals surface area contributed by atoms with Gasteiger partial charge in [-0.15, -0.1) is 0 Å². The van der Waals surface area contributed by atoms with Crippen LogP contribution in [-0.4, -0.2) is 22.3 Å². The highest BCUT2D eigenvalue weighted by molar-refractivity contribution is 7.99. The van der Waals surface area contributed by atoms with E-state index in [9.17, 15) is 0 Å². The van der Waals surface area contributed by atoms with Crippen LogP contribution in [0.3, 0.4) is 0 Å². The summed E-state index contributed by atoms with van der Waals surface area (Å²) >= 11 is 1.69. The number of para-hydroxylation sites is 1. The van der Waals surface area contributed by atoms with Gasteiger partial charge in [0.05, 0.1) is 0 Å². The highest BCUT2D eigenvalue weighted by Crippen LogP contribution is 2.12. The van der Waals surface area contributed by atoms with Gasteiger partial charge in [0.1, 0.15) is 0 Å². The fourth-order valence-corrected chi connectivity index (χ4v) is 2.13. The number of anilines is 1. The van der Waals surface area contributed by atoms with Gasteiger partial charge in [-0.2, -0.15) is 0 Å². The van der Waals surface area contributed by atoms with Crippen molar-refractivity contribution in [2.75, 3.05) is 17.6 Å². The van der Waals surface area contributed by atoms with Gasteiger partial charge in [-0.1, -0.05) is 30.0 Å². The molecule has 0 aliphatic heterocycles. The van der Waals surface area contributed by atoms with E-state index in [1.54, 1.807) is 24.2 Å². The van der Waals surface area contributed by atoms with Crippen molar-refractivity contribution in [3.8, 4) is 0 Å². The summed E-state index contributed by atoms with van der Waals surface area (Å²) < 4.78 is 0. The lowest BCUT2D eigenvalue weighted by Crippen LogP contribution is -2.02. The van der Waals surface area contributed by atoms with Gasteiger partial charge < -0.3 is 5.32 Å². The molecule has 1 aromatic carbocycles. The number of rotatable bonds is 6. The van der Waals surface area contributed by atoms with Crippen LogP contribution in [0.4, 0.5) is 5.69 Å². The van der Waals surface area contributed by atoms with Gasteiger partial charge in [-0.3, -0.25) is 0 Å².